The normalized spacial score (nSPS) is 14.0. The molecule has 0 aliphatic carbocycles. The van der Waals surface area contributed by atoms with Crippen LogP contribution in [-0.2, 0) is 0 Å². The monoisotopic (exact) mass is 483 g/mol. The second-order valence-electron chi connectivity index (χ2n) is 6.68. The molecule has 152 valence electrons. The number of hydrogen-bond acceptors (Lipinski definition) is 5. The predicted octanol–water partition coefficient (Wildman–Crippen LogP) is 5.41. The van der Waals surface area contributed by atoms with Crippen LogP contribution in [0.2, 0.25) is 0 Å². The molecule has 4 rings (SSSR count). The maximum absolute atomic E-state index is 12.6. The van der Waals surface area contributed by atoms with Gasteiger partial charge in [-0.15, -0.1) is 0 Å². The lowest BCUT2D eigenvalue weighted by Gasteiger charge is -2.13. The van der Waals surface area contributed by atoms with Gasteiger partial charge in [0, 0.05) is 21.3 Å². The molecule has 0 spiro atoms. The molecule has 2 aromatic carbocycles. The topological polar surface area (TPSA) is 79.6 Å². The number of aromatic nitrogens is 2. The van der Waals surface area contributed by atoms with Crippen molar-refractivity contribution in [1.29, 1.82) is 0 Å². The Hall–Kier alpha value is -2.97. The predicted molar refractivity (Wildman–Crippen MR) is 125 cm³/mol. The number of aromatic amines is 1. The molecule has 8 heteroatoms. The van der Waals surface area contributed by atoms with E-state index in [1.54, 1.807) is 30.3 Å². The van der Waals surface area contributed by atoms with Gasteiger partial charge in [0.25, 0.3) is 5.56 Å². The van der Waals surface area contributed by atoms with E-state index in [4.69, 9.17) is 17.0 Å². The number of nitrogens with zero attached hydrogens (tertiary/aromatic N) is 2. The number of benzene rings is 2. The van der Waals surface area contributed by atoms with E-state index < -0.39 is 5.56 Å². The number of H-pyrrole nitrogens is 1. The summed E-state index contributed by atoms with van der Waals surface area (Å²) in [6.45, 7) is 4.33. The van der Waals surface area contributed by atoms with Crippen molar-refractivity contribution >= 4 is 51.2 Å². The summed E-state index contributed by atoms with van der Waals surface area (Å²) in [5.41, 5.74) is 3.47. The van der Waals surface area contributed by atoms with E-state index in [9.17, 15) is 9.90 Å². The Bertz CT molecular complexity index is 1320. The summed E-state index contributed by atoms with van der Waals surface area (Å²) in [7, 11) is 0. The van der Waals surface area contributed by atoms with Gasteiger partial charge in [0.2, 0.25) is 5.88 Å². The first kappa shape index (κ1) is 20.3. The Kier molecular flexibility index (Phi) is 5.44. The van der Waals surface area contributed by atoms with Gasteiger partial charge in [-0.25, -0.2) is 0 Å². The number of rotatable bonds is 4. The Balaban J connectivity index is 1.87. The molecule has 0 radical (unpaired) electrons. The summed E-state index contributed by atoms with van der Waals surface area (Å²) >= 11 is 8.78. The molecule has 0 saturated carbocycles. The molecule has 0 saturated heterocycles. The molecule has 1 aromatic heterocycles. The average molecular weight is 484 g/mol. The second kappa shape index (κ2) is 8.04. The molecule has 0 amide bonds. The third-order valence-corrected chi connectivity index (χ3v) is 5.52. The standard InChI is InChI=1S/C22H18BrN3O3S/c1-3-29-15-7-5-14(6-8-15)26-21(28)18(20(27)25-22(26)30)11-16-12(2)24-19-9-4-13(23)10-17(16)19/h4-11,28H,3H2,1-2H3,(H,25,27,30). The smallest absolute Gasteiger partial charge is 0.262 e. The zero-order valence-electron chi connectivity index (χ0n) is 16.3. The number of hydrogen-bond donors (Lipinski definition) is 2. The highest BCUT2D eigenvalue weighted by Gasteiger charge is 2.20. The summed E-state index contributed by atoms with van der Waals surface area (Å²) in [4.78, 5) is 19.8. The summed E-state index contributed by atoms with van der Waals surface area (Å²) in [5.74, 6) is 0.468. The van der Waals surface area contributed by atoms with Gasteiger partial charge in [-0.3, -0.25) is 19.3 Å². The van der Waals surface area contributed by atoms with Gasteiger partial charge in [-0.2, -0.15) is 0 Å². The number of ether oxygens (including phenoxy) is 1. The van der Waals surface area contributed by atoms with Crippen LogP contribution in [0.1, 0.15) is 25.0 Å². The van der Waals surface area contributed by atoms with E-state index in [1.165, 1.54) is 4.57 Å². The van der Waals surface area contributed by atoms with Crippen LogP contribution in [0.4, 0.5) is 5.69 Å². The molecule has 0 fully saturated rings. The maximum atomic E-state index is 12.6. The molecular weight excluding hydrogens is 466 g/mol. The Morgan fingerprint density at radius 2 is 2.00 bits per heavy atom. The highest BCUT2D eigenvalue weighted by atomic mass is 79.9. The Labute approximate surface area is 186 Å². The summed E-state index contributed by atoms with van der Waals surface area (Å²) in [5, 5.41) is 11.0. The molecule has 1 aliphatic rings. The molecular formula is C22H18BrN3O3S. The van der Waals surface area contributed by atoms with Crippen LogP contribution in [-0.4, -0.2) is 27.0 Å². The van der Waals surface area contributed by atoms with Crippen molar-refractivity contribution in [3.63, 3.8) is 0 Å². The lowest BCUT2D eigenvalue weighted by Crippen LogP contribution is -2.16. The number of aromatic hydroxyl groups is 1. The zero-order valence-corrected chi connectivity index (χ0v) is 18.7. The fourth-order valence-corrected chi connectivity index (χ4v) is 4.00. The number of aliphatic imine (C=N–C) groups is 1. The third kappa shape index (κ3) is 3.64. The number of allylic oxidation sites excluding steroid dienone is 1. The van der Waals surface area contributed by atoms with Crippen LogP contribution in [0.5, 0.6) is 11.6 Å². The van der Waals surface area contributed by atoms with Gasteiger partial charge in [0.1, 0.15) is 11.3 Å². The van der Waals surface area contributed by atoms with Crippen molar-refractivity contribution in [3.8, 4) is 17.3 Å². The first-order valence-electron chi connectivity index (χ1n) is 9.28. The lowest BCUT2D eigenvalue weighted by molar-refractivity contribution is 0.340. The van der Waals surface area contributed by atoms with Gasteiger partial charge >= 0.3 is 0 Å². The van der Waals surface area contributed by atoms with E-state index in [2.05, 4.69) is 25.9 Å². The molecule has 0 atom stereocenters. The van der Waals surface area contributed by atoms with Crippen LogP contribution in [0.3, 0.4) is 0 Å². The summed E-state index contributed by atoms with van der Waals surface area (Å²) in [6, 6.07) is 12.9. The van der Waals surface area contributed by atoms with Crippen molar-refractivity contribution in [2.45, 2.75) is 13.8 Å². The highest BCUT2D eigenvalue weighted by molar-refractivity contribution is 9.10. The minimum atomic E-state index is -0.469. The van der Waals surface area contributed by atoms with Crippen molar-refractivity contribution in [2.24, 2.45) is 4.99 Å². The van der Waals surface area contributed by atoms with E-state index in [-0.39, 0.29) is 16.2 Å². The minimum absolute atomic E-state index is 0.101. The van der Waals surface area contributed by atoms with Crippen LogP contribution in [0.25, 0.3) is 17.3 Å². The Morgan fingerprint density at radius 3 is 2.70 bits per heavy atom. The van der Waals surface area contributed by atoms with Gasteiger partial charge in [0.05, 0.1) is 18.0 Å². The lowest BCUT2D eigenvalue weighted by atomic mass is 10.0. The molecule has 3 aromatic rings. The number of fused-ring (bicyclic) bond motifs is 1. The van der Waals surface area contributed by atoms with Gasteiger partial charge in [0.15, 0.2) is 4.77 Å². The highest BCUT2D eigenvalue weighted by Crippen LogP contribution is 2.38. The molecule has 0 unspecified atom stereocenters. The maximum Gasteiger partial charge on any atom is 0.262 e. The fraction of sp³-hybridized carbons (Fsp3) is 0.136. The average Bonchev–Trinajstić information content (AvgIpc) is 3.01. The molecule has 6 nitrogen and oxygen atoms in total. The Morgan fingerprint density at radius 1 is 1.27 bits per heavy atom. The van der Waals surface area contributed by atoms with Crippen molar-refractivity contribution < 1.29 is 9.84 Å². The fourth-order valence-electron chi connectivity index (χ4n) is 3.35. The molecule has 30 heavy (non-hydrogen) atoms. The van der Waals surface area contributed by atoms with Crippen LogP contribution >= 0.6 is 28.1 Å². The largest absolute Gasteiger partial charge is 0.494 e. The summed E-state index contributed by atoms with van der Waals surface area (Å²) in [6.07, 6.45) is 1.64. The second-order valence-corrected chi connectivity index (χ2v) is 7.98. The van der Waals surface area contributed by atoms with Crippen molar-refractivity contribution in [2.75, 3.05) is 6.61 Å². The molecule has 0 bridgehead atoms. The van der Waals surface area contributed by atoms with Crippen LogP contribution in [0.15, 0.2) is 56.7 Å². The zero-order chi connectivity index (χ0) is 21.4. The molecule has 1 aliphatic heterocycles. The van der Waals surface area contributed by atoms with Gasteiger partial charge in [-0.1, -0.05) is 15.9 Å². The van der Waals surface area contributed by atoms with Crippen LogP contribution in [0, 0.1) is 4.77 Å². The molecule has 2 heterocycles. The number of halogens is 1. The SMILES string of the molecule is CCOc1ccc(-n2c(O)c(C=C3C(C)=Nc4ccc(Br)cc43)c(=O)[nH]c2=S)cc1. The van der Waals surface area contributed by atoms with E-state index in [1.807, 2.05) is 32.0 Å². The van der Waals surface area contributed by atoms with Gasteiger partial charge < -0.3 is 9.84 Å². The van der Waals surface area contributed by atoms with Crippen molar-refractivity contribution in [3.05, 3.63) is 73.2 Å². The van der Waals surface area contributed by atoms with E-state index in [0.717, 1.165) is 27.0 Å². The number of nitrogens with one attached hydrogen (secondary N) is 1. The van der Waals surface area contributed by atoms with Gasteiger partial charge in [-0.05, 0) is 74.6 Å². The summed E-state index contributed by atoms with van der Waals surface area (Å²) < 4.78 is 7.88. The first-order chi connectivity index (χ1) is 14.4. The van der Waals surface area contributed by atoms with E-state index in [0.29, 0.717) is 18.0 Å². The molecule has 2 N–H and O–H groups in total. The van der Waals surface area contributed by atoms with Crippen LogP contribution < -0.4 is 10.3 Å². The quantitative estimate of drug-likeness (QED) is 0.486. The first-order valence-corrected chi connectivity index (χ1v) is 10.5. The van der Waals surface area contributed by atoms with Crippen molar-refractivity contribution in [1.82, 2.24) is 9.55 Å². The minimum Gasteiger partial charge on any atom is -0.494 e. The van der Waals surface area contributed by atoms with E-state index >= 15 is 0 Å². The third-order valence-electron chi connectivity index (χ3n) is 4.74.